The van der Waals surface area contributed by atoms with Crippen molar-refractivity contribution < 1.29 is 4.79 Å². The molecule has 2 saturated heterocycles. The number of urea groups is 1. The molecule has 0 aliphatic carbocycles. The molecule has 2 aliphatic heterocycles. The summed E-state index contributed by atoms with van der Waals surface area (Å²) < 4.78 is 0. The number of hydrogen-bond acceptors (Lipinski definition) is 3. The average Bonchev–Trinajstić information content (AvgIpc) is 2.45. The summed E-state index contributed by atoms with van der Waals surface area (Å²) in [6, 6.07) is 0.210. The maximum Gasteiger partial charge on any atom is 0.319 e. The SMILES string of the molecule is CC1CCCN(C(=O)N(C)CCN2CCNCC2)C1. The lowest BCUT2D eigenvalue weighted by atomic mass is 10.0. The lowest BCUT2D eigenvalue weighted by Gasteiger charge is -2.35. The number of likely N-dealkylation sites (tertiary alicyclic amines) is 1. The largest absolute Gasteiger partial charge is 0.326 e. The van der Waals surface area contributed by atoms with Gasteiger partial charge in [-0.15, -0.1) is 0 Å². The molecule has 0 aromatic heterocycles. The van der Waals surface area contributed by atoms with Crippen molar-refractivity contribution in [3.8, 4) is 0 Å². The van der Waals surface area contributed by atoms with Gasteiger partial charge < -0.3 is 15.1 Å². The van der Waals surface area contributed by atoms with Gasteiger partial charge in [-0.2, -0.15) is 0 Å². The lowest BCUT2D eigenvalue weighted by molar-refractivity contribution is 0.132. The molecule has 2 aliphatic rings. The van der Waals surface area contributed by atoms with Crippen molar-refractivity contribution in [3.63, 3.8) is 0 Å². The van der Waals surface area contributed by atoms with Crippen molar-refractivity contribution in [3.05, 3.63) is 0 Å². The Morgan fingerprint density at radius 3 is 2.74 bits per heavy atom. The van der Waals surface area contributed by atoms with Gasteiger partial charge in [0.2, 0.25) is 0 Å². The van der Waals surface area contributed by atoms with E-state index in [0.717, 1.165) is 58.8 Å². The van der Waals surface area contributed by atoms with Crippen LogP contribution in [0, 0.1) is 5.92 Å². The van der Waals surface area contributed by atoms with Crippen molar-refractivity contribution in [1.82, 2.24) is 20.0 Å². The monoisotopic (exact) mass is 268 g/mol. The smallest absolute Gasteiger partial charge is 0.319 e. The van der Waals surface area contributed by atoms with Crippen LogP contribution in [0.2, 0.25) is 0 Å². The summed E-state index contributed by atoms with van der Waals surface area (Å²) in [5, 5.41) is 3.35. The number of nitrogens with one attached hydrogen (secondary N) is 1. The summed E-state index contributed by atoms with van der Waals surface area (Å²) in [6.45, 7) is 10.3. The number of piperazine rings is 1. The third kappa shape index (κ3) is 4.35. The van der Waals surface area contributed by atoms with Gasteiger partial charge in [0.05, 0.1) is 0 Å². The summed E-state index contributed by atoms with van der Waals surface area (Å²) in [7, 11) is 1.93. The fourth-order valence-corrected chi connectivity index (χ4v) is 2.93. The number of rotatable bonds is 3. The number of carbonyl (C=O) groups is 1. The first kappa shape index (κ1) is 14.6. The van der Waals surface area contributed by atoms with Crippen LogP contribution in [0.3, 0.4) is 0 Å². The van der Waals surface area contributed by atoms with Crippen LogP contribution in [-0.2, 0) is 0 Å². The first-order chi connectivity index (χ1) is 9.16. The molecule has 5 nitrogen and oxygen atoms in total. The molecule has 0 aromatic carbocycles. The molecule has 1 N–H and O–H groups in total. The normalized spacial score (nSPS) is 25.4. The minimum absolute atomic E-state index is 0.210. The standard InChI is InChI=1S/C14H28N4O/c1-13-4-3-7-18(12-13)14(19)16(2)10-11-17-8-5-15-6-9-17/h13,15H,3-12H2,1-2H3. The van der Waals surface area contributed by atoms with E-state index in [9.17, 15) is 4.79 Å². The van der Waals surface area contributed by atoms with Gasteiger partial charge in [-0.1, -0.05) is 6.92 Å². The number of amides is 2. The van der Waals surface area contributed by atoms with E-state index in [2.05, 4.69) is 17.1 Å². The summed E-state index contributed by atoms with van der Waals surface area (Å²) in [5.41, 5.74) is 0. The quantitative estimate of drug-likeness (QED) is 0.818. The third-order valence-electron chi connectivity index (χ3n) is 4.22. The highest BCUT2D eigenvalue weighted by molar-refractivity contribution is 5.74. The van der Waals surface area contributed by atoms with Gasteiger partial charge in [-0.3, -0.25) is 4.90 Å². The molecule has 110 valence electrons. The number of nitrogens with zero attached hydrogens (tertiary/aromatic N) is 3. The van der Waals surface area contributed by atoms with Crippen molar-refractivity contribution in [1.29, 1.82) is 0 Å². The van der Waals surface area contributed by atoms with Gasteiger partial charge in [0.25, 0.3) is 0 Å². The van der Waals surface area contributed by atoms with E-state index in [1.165, 1.54) is 6.42 Å². The van der Waals surface area contributed by atoms with Crippen LogP contribution in [0.4, 0.5) is 4.79 Å². The molecule has 2 fully saturated rings. The number of hydrogen-bond donors (Lipinski definition) is 1. The highest BCUT2D eigenvalue weighted by Crippen LogP contribution is 2.16. The van der Waals surface area contributed by atoms with E-state index in [4.69, 9.17) is 0 Å². The Hall–Kier alpha value is -0.810. The molecule has 0 aromatic rings. The second-order valence-corrected chi connectivity index (χ2v) is 5.99. The van der Waals surface area contributed by atoms with Crippen LogP contribution in [0.1, 0.15) is 19.8 Å². The zero-order valence-electron chi connectivity index (χ0n) is 12.4. The summed E-state index contributed by atoms with van der Waals surface area (Å²) in [6.07, 6.45) is 2.41. The van der Waals surface area contributed by atoms with Crippen molar-refractivity contribution >= 4 is 6.03 Å². The highest BCUT2D eigenvalue weighted by Gasteiger charge is 2.23. The van der Waals surface area contributed by atoms with Gasteiger partial charge in [0.15, 0.2) is 0 Å². The van der Waals surface area contributed by atoms with Crippen LogP contribution >= 0.6 is 0 Å². The minimum Gasteiger partial charge on any atom is -0.326 e. The van der Waals surface area contributed by atoms with Gasteiger partial charge in [-0.25, -0.2) is 4.79 Å². The molecule has 2 amide bonds. The van der Waals surface area contributed by atoms with Crippen LogP contribution in [0.15, 0.2) is 0 Å². The fourth-order valence-electron chi connectivity index (χ4n) is 2.93. The molecule has 0 radical (unpaired) electrons. The van der Waals surface area contributed by atoms with Gasteiger partial charge in [0, 0.05) is 59.4 Å². The Morgan fingerprint density at radius 2 is 2.05 bits per heavy atom. The molecule has 0 bridgehead atoms. The maximum atomic E-state index is 12.3. The van der Waals surface area contributed by atoms with Crippen LogP contribution in [0.25, 0.3) is 0 Å². The average molecular weight is 268 g/mol. The number of piperidine rings is 1. The van der Waals surface area contributed by atoms with Gasteiger partial charge in [-0.05, 0) is 18.8 Å². The number of likely N-dealkylation sites (N-methyl/N-ethyl adjacent to an activating group) is 1. The first-order valence-corrected chi connectivity index (χ1v) is 7.60. The summed E-state index contributed by atoms with van der Waals surface area (Å²) in [4.78, 5) is 18.7. The van der Waals surface area contributed by atoms with Crippen LogP contribution in [-0.4, -0.2) is 80.1 Å². The van der Waals surface area contributed by atoms with Crippen molar-refractivity contribution in [2.45, 2.75) is 19.8 Å². The van der Waals surface area contributed by atoms with Crippen molar-refractivity contribution in [2.75, 3.05) is 59.4 Å². The van der Waals surface area contributed by atoms with Crippen molar-refractivity contribution in [2.24, 2.45) is 5.92 Å². The molecule has 2 rings (SSSR count). The Morgan fingerprint density at radius 1 is 1.32 bits per heavy atom. The molecular formula is C14H28N4O. The lowest BCUT2D eigenvalue weighted by Crippen LogP contribution is -2.49. The van der Waals surface area contributed by atoms with Crippen LogP contribution in [0.5, 0.6) is 0 Å². The van der Waals surface area contributed by atoms with Gasteiger partial charge >= 0.3 is 6.03 Å². The molecule has 19 heavy (non-hydrogen) atoms. The molecular weight excluding hydrogens is 240 g/mol. The molecule has 1 unspecified atom stereocenters. The Bertz CT molecular complexity index is 291. The predicted octanol–water partition coefficient (Wildman–Crippen LogP) is 0.675. The van der Waals surface area contributed by atoms with E-state index in [0.29, 0.717) is 5.92 Å². The summed E-state index contributed by atoms with van der Waals surface area (Å²) in [5.74, 6) is 0.652. The number of carbonyl (C=O) groups excluding carboxylic acids is 1. The Kier molecular flexibility index (Phi) is 5.45. The molecule has 1 atom stereocenters. The van der Waals surface area contributed by atoms with E-state index >= 15 is 0 Å². The molecule has 5 heteroatoms. The highest BCUT2D eigenvalue weighted by atomic mass is 16.2. The minimum atomic E-state index is 0.210. The molecule has 0 spiro atoms. The Balaban J connectivity index is 1.72. The van der Waals surface area contributed by atoms with Gasteiger partial charge in [0.1, 0.15) is 0 Å². The summed E-state index contributed by atoms with van der Waals surface area (Å²) >= 11 is 0. The Labute approximate surface area is 116 Å². The van der Waals surface area contributed by atoms with E-state index in [-0.39, 0.29) is 6.03 Å². The van der Waals surface area contributed by atoms with E-state index in [1.54, 1.807) is 0 Å². The molecule has 0 saturated carbocycles. The second kappa shape index (κ2) is 7.10. The zero-order valence-corrected chi connectivity index (χ0v) is 12.4. The third-order valence-corrected chi connectivity index (χ3v) is 4.22. The second-order valence-electron chi connectivity index (χ2n) is 5.99. The topological polar surface area (TPSA) is 38.8 Å². The fraction of sp³-hybridized carbons (Fsp3) is 0.929. The van der Waals surface area contributed by atoms with Crippen LogP contribution < -0.4 is 5.32 Å². The maximum absolute atomic E-state index is 12.3. The van der Waals surface area contributed by atoms with E-state index in [1.807, 2.05) is 16.8 Å². The first-order valence-electron chi connectivity index (χ1n) is 7.60. The molecule has 2 heterocycles. The zero-order chi connectivity index (χ0) is 13.7. The predicted molar refractivity (Wildman–Crippen MR) is 77.3 cm³/mol. The van der Waals surface area contributed by atoms with E-state index < -0.39 is 0 Å².